The largest absolute Gasteiger partial charge is 2.00 e. The number of ether oxygens (including phenoxy) is 1. The Balaban J connectivity index is 0.00000272. The molecule has 158 valence electrons. The van der Waals surface area contributed by atoms with Gasteiger partial charge in [-0.05, 0) is 18.3 Å². The summed E-state index contributed by atoms with van der Waals surface area (Å²) >= 11 is 0. The van der Waals surface area contributed by atoms with E-state index in [0.717, 1.165) is 24.2 Å². The van der Waals surface area contributed by atoms with Crippen molar-refractivity contribution in [1.29, 1.82) is 0 Å². The molecule has 31 heavy (non-hydrogen) atoms. The molecule has 3 aromatic rings. The second-order valence-corrected chi connectivity index (χ2v) is 7.31. The van der Waals surface area contributed by atoms with Crippen LogP contribution in [0.4, 0.5) is 8.78 Å². The molecule has 0 aliphatic carbocycles. The number of amides is 1. The Morgan fingerprint density at radius 2 is 1.77 bits per heavy atom. The summed E-state index contributed by atoms with van der Waals surface area (Å²) in [5.41, 5.74) is 2.23. The molecular formula is C24H22F2N2O2U. The van der Waals surface area contributed by atoms with Gasteiger partial charge in [-0.1, -0.05) is 30.7 Å². The Kier molecular flexibility index (Phi) is 7.51. The number of halogens is 2. The van der Waals surface area contributed by atoms with Crippen LogP contribution < -0.4 is 4.74 Å². The molecule has 0 atom stereocenters. The van der Waals surface area contributed by atoms with E-state index in [9.17, 15) is 13.6 Å². The summed E-state index contributed by atoms with van der Waals surface area (Å²) in [4.78, 5) is 14.7. The standard InChI is InChI=1S/C24H22F2N2O2.U/c1-24(25,26)30-22-12-6-5-10-20(22)23(29)27-16-13-18(14-17-27)21-11-7-15-28(21)19-8-3-2-4-9-19;/h2-8,10-12,15H,13-14,16-17H2,1H3;/q-2;+2. The van der Waals surface area contributed by atoms with Crippen LogP contribution in [0.2, 0.25) is 0 Å². The van der Waals surface area contributed by atoms with Crippen molar-refractivity contribution < 1.29 is 49.4 Å². The number of carbonyl (C=O) groups excluding carboxylic acids is 1. The second kappa shape index (κ2) is 9.93. The van der Waals surface area contributed by atoms with Crippen LogP contribution in [-0.2, 0) is 0 Å². The van der Waals surface area contributed by atoms with Crippen molar-refractivity contribution in [2.75, 3.05) is 13.1 Å². The van der Waals surface area contributed by atoms with Crippen LogP contribution in [0.15, 0.2) is 66.9 Å². The Morgan fingerprint density at radius 1 is 1.06 bits per heavy atom. The summed E-state index contributed by atoms with van der Waals surface area (Å²) in [6.07, 6.45) is 0.0917. The molecular weight excluding hydrogens is 624 g/mol. The molecule has 0 saturated carbocycles. The molecule has 1 aliphatic heterocycles. The molecule has 1 aliphatic rings. The number of piperidine rings is 1. The van der Waals surface area contributed by atoms with Crippen molar-refractivity contribution >= 4 is 5.91 Å². The third-order valence-corrected chi connectivity index (χ3v) is 5.12. The third kappa shape index (κ3) is 5.53. The molecule has 1 saturated heterocycles. The van der Waals surface area contributed by atoms with Gasteiger partial charge in [0.15, 0.2) is 0 Å². The zero-order chi connectivity index (χ0) is 21.1. The Morgan fingerprint density at radius 3 is 2.45 bits per heavy atom. The van der Waals surface area contributed by atoms with E-state index in [-0.39, 0.29) is 48.3 Å². The van der Waals surface area contributed by atoms with E-state index in [2.05, 4.69) is 16.7 Å². The predicted molar refractivity (Wildman–Crippen MR) is 110 cm³/mol. The van der Waals surface area contributed by atoms with Gasteiger partial charge in [-0.2, -0.15) is 45.0 Å². The monoisotopic (exact) mass is 646 g/mol. The minimum atomic E-state index is -3.35. The van der Waals surface area contributed by atoms with Gasteiger partial charge in [-0.25, -0.2) is 0 Å². The molecule has 2 aromatic carbocycles. The van der Waals surface area contributed by atoms with Crippen LogP contribution in [0.25, 0.3) is 5.69 Å². The van der Waals surface area contributed by atoms with Crippen molar-refractivity contribution in [3.05, 3.63) is 90.1 Å². The van der Waals surface area contributed by atoms with Crippen molar-refractivity contribution in [3.63, 3.8) is 0 Å². The Bertz CT molecular complexity index is 1010. The first-order valence-electron chi connectivity index (χ1n) is 9.87. The average molecular weight is 646 g/mol. The summed E-state index contributed by atoms with van der Waals surface area (Å²) in [7, 11) is 0. The first-order valence-corrected chi connectivity index (χ1v) is 9.87. The van der Waals surface area contributed by atoms with Crippen LogP contribution in [0, 0.1) is 43.1 Å². The van der Waals surface area contributed by atoms with E-state index in [1.54, 1.807) is 17.0 Å². The van der Waals surface area contributed by atoms with Gasteiger partial charge in [-0.3, -0.25) is 4.79 Å². The second-order valence-electron chi connectivity index (χ2n) is 7.31. The number of aromatic nitrogens is 1. The maximum Gasteiger partial charge on any atom is 2.00 e. The van der Waals surface area contributed by atoms with E-state index < -0.39 is 6.11 Å². The molecule has 0 unspecified atom stereocenters. The van der Waals surface area contributed by atoms with Gasteiger partial charge in [0.1, 0.15) is 5.75 Å². The smallest absolute Gasteiger partial charge is 0.432 e. The number of carbonyl (C=O) groups is 1. The Labute approximate surface area is 204 Å². The van der Waals surface area contributed by atoms with Crippen LogP contribution >= 0.6 is 0 Å². The minimum Gasteiger partial charge on any atom is -0.432 e. The number of nitrogens with zero attached hydrogens (tertiary/aromatic N) is 2. The molecule has 7 heteroatoms. The van der Waals surface area contributed by atoms with Gasteiger partial charge in [-0.15, -0.1) is 17.8 Å². The van der Waals surface area contributed by atoms with Crippen LogP contribution in [-0.4, -0.2) is 34.6 Å². The van der Waals surface area contributed by atoms with Gasteiger partial charge < -0.3 is 14.2 Å². The number of likely N-dealkylation sites (tertiary alicyclic amines) is 1. The van der Waals surface area contributed by atoms with Crippen LogP contribution in [0.5, 0.6) is 5.75 Å². The predicted octanol–water partition coefficient (Wildman–Crippen LogP) is 5.13. The molecule has 0 radical (unpaired) electrons. The summed E-state index contributed by atoms with van der Waals surface area (Å²) in [5.74, 6) is 0.866. The SMILES string of the molecule is CC(F)(F)Oc1ccccc1C(=O)N1CC[C-](c2cccn2-c2[c-]cccc2)CC1.[U+2]. The summed E-state index contributed by atoms with van der Waals surface area (Å²) < 4.78 is 33.4. The minimum absolute atomic E-state index is 0. The van der Waals surface area contributed by atoms with E-state index in [1.807, 2.05) is 36.5 Å². The van der Waals surface area contributed by atoms with E-state index in [4.69, 9.17) is 4.74 Å². The first-order chi connectivity index (χ1) is 14.4. The molecule has 1 fully saturated rings. The number of benzene rings is 2. The van der Waals surface area contributed by atoms with Gasteiger partial charge in [0.25, 0.3) is 5.91 Å². The number of hydrogen-bond acceptors (Lipinski definition) is 2. The van der Waals surface area contributed by atoms with Crippen LogP contribution in [0.1, 0.15) is 35.8 Å². The zero-order valence-corrected chi connectivity index (χ0v) is 21.3. The summed E-state index contributed by atoms with van der Waals surface area (Å²) in [6, 6.07) is 21.2. The summed E-state index contributed by atoms with van der Waals surface area (Å²) in [5, 5.41) is 0. The molecule has 4 nitrogen and oxygen atoms in total. The maximum atomic E-state index is 13.3. The number of alkyl halides is 2. The average Bonchev–Trinajstić information content (AvgIpc) is 3.23. The molecule has 0 bridgehead atoms. The molecule has 0 N–H and O–H groups in total. The van der Waals surface area contributed by atoms with Gasteiger partial charge in [0.2, 0.25) is 0 Å². The van der Waals surface area contributed by atoms with Crippen molar-refractivity contribution in [1.82, 2.24) is 9.47 Å². The fourth-order valence-electron chi connectivity index (χ4n) is 3.74. The quantitative estimate of drug-likeness (QED) is 0.361. The molecule has 1 aromatic heterocycles. The van der Waals surface area contributed by atoms with E-state index >= 15 is 0 Å². The molecule has 1 amide bonds. The molecule has 0 spiro atoms. The fraction of sp³-hybridized carbons (Fsp3) is 0.250. The molecule has 4 rings (SSSR count). The number of para-hydroxylation sites is 2. The topological polar surface area (TPSA) is 34.5 Å². The third-order valence-electron chi connectivity index (χ3n) is 5.12. The summed E-state index contributed by atoms with van der Waals surface area (Å²) in [6.45, 7) is 1.71. The number of rotatable bonds is 5. The van der Waals surface area contributed by atoms with Crippen molar-refractivity contribution in [2.45, 2.75) is 25.9 Å². The maximum absolute atomic E-state index is 13.3. The molecule has 2 heterocycles. The van der Waals surface area contributed by atoms with Gasteiger partial charge in [0, 0.05) is 20.0 Å². The zero-order valence-electron chi connectivity index (χ0n) is 17.1. The Hall–Kier alpha value is -2.23. The fourth-order valence-corrected chi connectivity index (χ4v) is 3.74. The first kappa shape index (κ1) is 23.4. The normalized spacial score (nSPS) is 14.2. The van der Waals surface area contributed by atoms with Gasteiger partial charge >= 0.3 is 37.2 Å². The van der Waals surface area contributed by atoms with Crippen molar-refractivity contribution in [3.8, 4) is 11.4 Å². The van der Waals surface area contributed by atoms with E-state index in [1.165, 1.54) is 18.1 Å². The van der Waals surface area contributed by atoms with Gasteiger partial charge in [0.05, 0.1) is 5.56 Å². The van der Waals surface area contributed by atoms with Crippen LogP contribution in [0.3, 0.4) is 0 Å². The van der Waals surface area contributed by atoms with E-state index in [0.29, 0.717) is 20.0 Å². The number of hydrogen-bond donors (Lipinski definition) is 0. The van der Waals surface area contributed by atoms with Crippen molar-refractivity contribution in [2.24, 2.45) is 0 Å².